The number of nitrogens with two attached hydrogens (primary N) is 1. The standard InChI is InChI=1S/C20H18N4O6S3/c1-30-14-6-2-12(3-7-14)10-16-18(26)24(20(31)32-16)11-17(25)22-13-4-8-15(9-5-13)33(28,29)23-19(21)27/h2-10H,11H2,1H3,(H,22,25)(H3,21,23,27)/b16-10+. The summed E-state index contributed by atoms with van der Waals surface area (Å²) in [6.45, 7) is -0.312. The van der Waals surface area contributed by atoms with Crippen molar-refractivity contribution < 1.29 is 27.5 Å². The maximum Gasteiger partial charge on any atom is 0.326 e. The summed E-state index contributed by atoms with van der Waals surface area (Å²) in [5.41, 5.74) is 5.91. The minimum absolute atomic E-state index is 0.208. The molecule has 1 aliphatic heterocycles. The molecule has 3 rings (SSSR count). The third-order valence-corrected chi connectivity index (χ3v) is 7.01. The number of urea groups is 1. The minimum atomic E-state index is -4.10. The summed E-state index contributed by atoms with van der Waals surface area (Å²) in [5.74, 6) is -0.232. The smallest absolute Gasteiger partial charge is 0.326 e. The van der Waals surface area contributed by atoms with Gasteiger partial charge >= 0.3 is 6.03 Å². The Balaban J connectivity index is 1.64. The molecule has 0 atom stereocenters. The molecule has 4 amide bonds. The van der Waals surface area contributed by atoms with Gasteiger partial charge in [-0.3, -0.25) is 14.5 Å². The molecule has 0 aliphatic carbocycles. The average Bonchev–Trinajstić information content (AvgIpc) is 3.01. The van der Waals surface area contributed by atoms with Gasteiger partial charge < -0.3 is 15.8 Å². The number of ether oxygens (including phenoxy) is 1. The number of carbonyl (C=O) groups is 3. The monoisotopic (exact) mass is 506 g/mol. The van der Waals surface area contributed by atoms with Gasteiger partial charge in [0.2, 0.25) is 5.91 Å². The first kappa shape index (κ1) is 24.2. The lowest BCUT2D eigenvalue weighted by Crippen LogP contribution is -2.36. The number of hydrogen-bond donors (Lipinski definition) is 3. The van der Waals surface area contributed by atoms with E-state index in [2.05, 4.69) is 5.32 Å². The van der Waals surface area contributed by atoms with E-state index in [0.717, 1.165) is 17.3 Å². The number of methoxy groups -OCH3 is 1. The van der Waals surface area contributed by atoms with Crippen molar-refractivity contribution in [3.05, 3.63) is 59.0 Å². The fourth-order valence-corrected chi connectivity index (χ4v) is 4.87. The van der Waals surface area contributed by atoms with Crippen LogP contribution in [0.3, 0.4) is 0 Å². The molecule has 1 fully saturated rings. The van der Waals surface area contributed by atoms with E-state index in [1.165, 1.54) is 29.2 Å². The number of thiocarbonyl (C=S) groups is 1. The van der Waals surface area contributed by atoms with Crippen LogP contribution >= 0.6 is 24.0 Å². The maximum absolute atomic E-state index is 12.7. The Morgan fingerprint density at radius 3 is 2.36 bits per heavy atom. The van der Waals surface area contributed by atoms with Gasteiger partial charge in [0.15, 0.2) is 0 Å². The second-order valence-electron chi connectivity index (χ2n) is 6.58. The Labute approximate surface area is 199 Å². The summed E-state index contributed by atoms with van der Waals surface area (Å²) in [6.07, 6.45) is 1.68. The average molecular weight is 507 g/mol. The maximum atomic E-state index is 12.7. The molecule has 0 radical (unpaired) electrons. The quantitative estimate of drug-likeness (QED) is 0.381. The van der Waals surface area contributed by atoms with Crippen LogP contribution in [0.4, 0.5) is 10.5 Å². The number of anilines is 1. The van der Waals surface area contributed by atoms with E-state index in [-0.39, 0.29) is 21.4 Å². The van der Waals surface area contributed by atoms with Crippen molar-refractivity contribution in [3.8, 4) is 5.75 Å². The molecule has 1 saturated heterocycles. The van der Waals surface area contributed by atoms with E-state index in [0.29, 0.717) is 10.7 Å². The fraction of sp³-hybridized carbons (Fsp3) is 0.100. The van der Waals surface area contributed by atoms with Crippen molar-refractivity contribution in [2.75, 3.05) is 19.0 Å². The topological polar surface area (TPSA) is 148 Å². The number of sulfonamides is 1. The summed E-state index contributed by atoms with van der Waals surface area (Å²) < 4.78 is 30.8. The van der Waals surface area contributed by atoms with E-state index in [1.54, 1.807) is 42.2 Å². The lowest BCUT2D eigenvalue weighted by atomic mass is 10.2. The van der Waals surface area contributed by atoms with E-state index in [1.807, 2.05) is 0 Å². The summed E-state index contributed by atoms with van der Waals surface area (Å²) in [5, 5.41) is 2.56. The molecule has 0 saturated carbocycles. The van der Waals surface area contributed by atoms with Crippen LogP contribution in [0.2, 0.25) is 0 Å². The number of primary amides is 1. The molecule has 4 N–H and O–H groups in total. The first-order chi connectivity index (χ1) is 15.6. The van der Waals surface area contributed by atoms with E-state index in [9.17, 15) is 22.8 Å². The normalized spacial score (nSPS) is 14.9. The summed E-state index contributed by atoms with van der Waals surface area (Å²) in [7, 11) is -2.54. The molecule has 1 aliphatic rings. The second-order valence-corrected chi connectivity index (χ2v) is 9.94. The van der Waals surface area contributed by atoms with Crippen LogP contribution < -0.4 is 20.5 Å². The SMILES string of the molecule is COc1ccc(/C=C2/SC(=S)N(CC(=O)Nc3ccc(S(=O)(=O)NC(N)=O)cc3)C2=O)cc1. The zero-order chi connectivity index (χ0) is 24.2. The van der Waals surface area contributed by atoms with Gasteiger partial charge in [0.25, 0.3) is 15.9 Å². The van der Waals surface area contributed by atoms with E-state index in [4.69, 9.17) is 22.7 Å². The fourth-order valence-electron chi connectivity index (χ4n) is 2.74. The molecule has 13 heteroatoms. The molecule has 0 unspecified atom stereocenters. The van der Waals surface area contributed by atoms with Crippen LogP contribution in [0.5, 0.6) is 5.75 Å². The van der Waals surface area contributed by atoms with Gasteiger partial charge in [0.05, 0.1) is 16.9 Å². The van der Waals surface area contributed by atoms with Crippen molar-refractivity contribution in [2.24, 2.45) is 5.73 Å². The van der Waals surface area contributed by atoms with Gasteiger partial charge in [0, 0.05) is 5.69 Å². The Bertz CT molecular complexity index is 1240. The number of nitrogens with zero attached hydrogens (tertiary/aromatic N) is 1. The molecule has 172 valence electrons. The number of amides is 4. The first-order valence-electron chi connectivity index (χ1n) is 9.20. The predicted molar refractivity (Wildman–Crippen MR) is 128 cm³/mol. The van der Waals surface area contributed by atoms with Crippen LogP contribution in [0.25, 0.3) is 6.08 Å². The highest BCUT2D eigenvalue weighted by Gasteiger charge is 2.33. The van der Waals surface area contributed by atoms with Gasteiger partial charge in [-0.25, -0.2) is 17.9 Å². The van der Waals surface area contributed by atoms with Gasteiger partial charge in [0.1, 0.15) is 16.6 Å². The number of rotatable bonds is 7. The molecule has 1 heterocycles. The Morgan fingerprint density at radius 2 is 1.79 bits per heavy atom. The number of thioether (sulfide) groups is 1. The molecule has 2 aromatic carbocycles. The lowest BCUT2D eigenvalue weighted by Gasteiger charge is -2.14. The van der Waals surface area contributed by atoms with Gasteiger partial charge in [-0.1, -0.05) is 36.1 Å². The number of hydrogen-bond acceptors (Lipinski definition) is 8. The van der Waals surface area contributed by atoms with Crippen molar-refractivity contribution in [2.45, 2.75) is 4.90 Å². The van der Waals surface area contributed by atoms with Crippen LogP contribution in [0.1, 0.15) is 5.56 Å². The van der Waals surface area contributed by atoms with E-state index >= 15 is 0 Å². The zero-order valence-electron chi connectivity index (χ0n) is 17.1. The highest BCUT2D eigenvalue weighted by Crippen LogP contribution is 2.32. The highest BCUT2D eigenvalue weighted by molar-refractivity contribution is 8.26. The number of nitrogens with one attached hydrogen (secondary N) is 2. The van der Waals surface area contributed by atoms with Crippen LogP contribution in [0, 0.1) is 0 Å². The Kier molecular flexibility index (Phi) is 7.36. The number of carbonyl (C=O) groups excluding carboxylic acids is 3. The van der Waals surface area contributed by atoms with Crippen LogP contribution in [-0.2, 0) is 19.6 Å². The van der Waals surface area contributed by atoms with Gasteiger partial charge in [-0.05, 0) is 48.0 Å². The third-order valence-electron chi connectivity index (χ3n) is 4.27. The zero-order valence-corrected chi connectivity index (χ0v) is 19.6. The van der Waals surface area contributed by atoms with Crippen molar-refractivity contribution in [3.63, 3.8) is 0 Å². The molecular formula is C20H18N4O6S3. The highest BCUT2D eigenvalue weighted by atomic mass is 32.2. The summed E-state index contributed by atoms with van der Waals surface area (Å²) >= 11 is 6.33. The molecule has 10 nitrogen and oxygen atoms in total. The number of benzene rings is 2. The second kappa shape index (κ2) is 10.0. The molecule has 33 heavy (non-hydrogen) atoms. The Morgan fingerprint density at radius 1 is 1.15 bits per heavy atom. The lowest BCUT2D eigenvalue weighted by molar-refractivity contribution is -0.126. The largest absolute Gasteiger partial charge is 0.497 e. The minimum Gasteiger partial charge on any atom is -0.497 e. The molecular weight excluding hydrogens is 488 g/mol. The van der Waals surface area contributed by atoms with E-state index < -0.39 is 27.9 Å². The Hall–Kier alpha value is -3.42. The van der Waals surface area contributed by atoms with Gasteiger partial charge in [-0.2, -0.15) is 0 Å². The van der Waals surface area contributed by atoms with Crippen molar-refractivity contribution >= 4 is 67.9 Å². The first-order valence-corrected chi connectivity index (χ1v) is 11.9. The van der Waals surface area contributed by atoms with Crippen LogP contribution in [0.15, 0.2) is 58.3 Å². The van der Waals surface area contributed by atoms with Crippen LogP contribution in [-0.4, -0.2) is 49.1 Å². The molecule has 2 aromatic rings. The molecule has 0 aromatic heterocycles. The van der Waals surface area contributed by atoms with Crippen molar-refractivity contribution in [1.82, 2.24) is 9.62 Å². The predicted octanol–water partition coefficient (Wildman–Crippen LogP) is 1.89. The molecule has 0 bridgehead atoms. The summed E-state index contributed by atoms with van der Waals surface area (Å²) in [6, 6.07) is 11.0. The summed E-state index contributed by atoms with van der Waals surface area (Å²) in [4.78, 5) is 37.3. The molecule has 0 spiro atoms. The third kappa shape index (κ3) is 6.09. The van der Waals surface area contributed by atoms with Gasteiger partial charge in [-0.15, -0.1) is 0 Å². The van der Waals surface area contributed by atoms with Crippen molar-refractivity contribution in [1.29, 1.82) is 0 Å².